The summed E-state index contributed by atoms with van der Waals surface area (Å²) in [6, 6.07) is 8.26. The zero-order valence-electron chi connectivity index (χ0n) is 10.7. The summed E-state index contributed by atoms with van der Waals surface area (Å²) < 4.78 is 5.67. The molecule has 0 radical (unpaired) electrons. The lowest BCUT2D eigenvalue weighted by Gasteiger charge is -2.27. The maximum absolute atomic E-state index is 5.67. The molecule has 2 aromatic heterocycles. The molecular weight excluding hydrogens is 254 g/mol. The van der Waals surface area contributed by atoms with Gasteiger partial charge in [-0.05, 0) is 6.07 Å². The van der Waals surface area contributed by atoms with Gasteiger partial charge >= 0.3 is 0 Å². The summed E-state index contributed by atoms with van der Waals surface area (Å²) in [4.78, 5) is 15.7. The van der Waals surface area contributed by atoms with E-state index in [1.165, 1.54) is 6.33 Å². The molecule has 3 aromatic rings. The van der Waals surface area contributed by atoms with Crippen LogP contribution in [0.3, 0.4) is 0 Å². The molecule has 0 unspecified atom stereocenters. The topological polar surface area (TPSA) is 75.7 Å². The molecule has 20 heavy (non-hydrogen) atoms. The fraction of sp³-hybridized carbons (Fsp3) is 0.214. The van der Waals surface area contributed by atoms with Gasteiger partial charge in [0.2, 0.25) is 0 Å². The second-order valence-electron chi connectivity index (χ2n) is 4.70. The summed E-state index contributed by atoms with van der Waals surface area (Å²) in [6.07, 6.45) is 4.05. The molecule has 0 fully saturated rings. The smallest absolute Gasteiger partial charge is 0.182 e. The van der Waals surface area contributed by atoms with Crippen molar-refractivity contribution < 1.29 is 4.74 Å². The first kappa shape index (κ1) is 11.2. The Morgan fingerprint density at radius 2 is 2.15 bits per heavy atom. The van der Waals surface area contributed by atoms with Crippen molar-refractivity contribution in [3.63, 3.8) is 0 Å². The van der Waals surface area contributed by atoms with Crippen molar-refractivity contribution in [2.75, 3.05) is 11.9 Å². The van der Waals surface area contributed by atoms with E-state index in [9.17, 15) is 0 Å². The molecule has 2 N–H and O–H groups in total. The molecule has 0 bridgehead atoms. The van der Waals surface area contributed by atoms with E-state index >= 15 is 0 Å². The van der Waals surface area contributed by atoms with Crippen LogP contribution in [0.5, 0.6) is 5.75 Å². The van der Waals surface area contributed by atoms with Gasteiger partial charge in [0.05, 0.1) is 19.0 Å². The Kier molecular flexibility index (Phi) is 2.51. The first-order chi connectivity index (χ1) is 9.92. The number of hydrogen-bond acceptors (Lipinski definition) is 5. The molecule has 0 amide bonds. The van der Waals surface area contributed by atoms with Crippen LogP contribution in [0.1, 0.15) is 18.0 Å². The number of nitrogens with one attached hydrogen (secondary N) is 2. The number of H-pyrrole nitrogens is 1. The average Bonchev–Trinajstić information content (AvgIpc) is 2.97. The van der Waals surface area contributed by atoms with E-state index in [0.717, 1.165) is 29.1 Å². The lowest BCUT2D eigenvalue weighted by molar-refractivity contribution is 0.274. The van der Waals surface area contributed by atoms with E-state index in [-0.39, 0.29) is 6.04 Å². The number of aromatic nitrogens is 4. The van der Waals surface area contributed by atoms with Crippen molar-refractivity contribution in [1.29, 1.82) is 0 Å². The Bertz CT molecular complexity index is 754. The minimum absolute atomic E-state index is 0.182. The van der Waals surface area contributed by atoms with Gasteiger partial charge in [0.25, 0.3) is 0 Å². The zero-order chi connectivity index (χ0) is 13.4. The molecule has 6 heteroatoms. The van der Waals surface area contributed by atoms with Crippen LogP contribution in [0.15, 0.2) is 36.9 Å². The van der Waals surface area contributed by atoms with Crippen LogP contribution in [-0.4, -0.2) is 26.5 Å². The number of fused-ring (bicyclic) bond motifs is 2. The summed E-state index contributed by atoms with van der Waals surface area (Å²) >= 11 is 0. The lowest BCUT2D eigenvalue weighted by Crippen LogP contribution is -2.20. The highest BCUT2D eigenvalue weighted by Crippen LogP contribution is 2.34. The van der Waals surface area contributed by atoms with Crippen LogP contribution in [0.4, 0.5) is 5.82 Å². The Labute approximate surface area is 115 Å². The summed E-state index contributed by atoms with van der Waals surface area (Å²) in [6.45, 7) is 0.700. The van der Waals surface area contributed by atoms with E-state index in [0.29, 0.717) is 12.3 Å². The number of imidazole rings is 1. The largest absolute Gasteiger partial charge is 0.493 e. The molecule has 100 valence electrons. The van der Waals surface area contributed by atoms with Crippen LogP contribution in [0.25, 0.3) is 11.2 Å². The number of aromatic amines is 1. The molecule has 6 nitrogen and oxygen atoms in total. The second-order valence-corrected chi connectivity index (χ2v) is 4.70. The molecule has 0 saturated heterocycles. The highest BCUT2D eigenvalue weighted by molar-refractivity contribution is 5.82. The molecule has 1 atom stereocenters. The molecule has 1 aliphatic heterocycles. The molecule has 4 rings (SSSR count). The molecule has 1 aliphatic rings. The van der Waals surface area contributed by atoms with Gasteiger partial charge in [-0.2, -0.15) is 0 Å². The maximum Gasteiger partial charge on any atom is 0.182 e. The number of hydrogen-bond donors (Lipinski definition) is 2. The van der Waals surface area contributed by atoms with Gasteiger partial charge in [-0.3, -0.25) is 0 Å². The number of benzene rings is 1. The number of para-hydroxylation sites is 1. The second kappa shape index (κ2) is 4.48. The monoisotopic (exact) mass is 267 g/mol. The van der Waals surface area contributed by atoms with Crippen molar-refractivity contribution in [3.8, 4) is 5.75 Å². The molecule has 3 heterocycles. The number of nitrogens with zero attached hydrogens (tertiary/aromatic N) is 3. The van der Waals surface area contributed by atoms with E-state index in [1.54, 1.807) is 6.33 Å². The Morgan fingerprint density at radius 1 is 1.20 bits per heavy atom. The average molecular weight is 267 g/mol. The third-order valence-corrected chi connectivity index (χ3v) is 3.49. The van der Waals surface area contributed by atoms with E-state index < -0.39 is 0 Å². The summed E-state index contributed by atoms with van der Waals surface area (Å²) in [7, 11) is 0. The van der Waals surface area contributed by atoms with Crippen LogP contribution in [0, 0.1) is 0 Å². The normalized spacial score (nSPS) is 17.5. The standard InChI is InChI=1S/C14H13N5O/c1-2-4-11-9(3-1)10(5-6-20-11)19-14-12-13(16-7-15-12)17-8-18-14/h1-4,7-8,10H,5-6H2,(H2,15,16,17,18,19)/t10-/m0/s1. The van der Waals surface area contributed by atoms with Crippen LogP contribution >= 0.6 is 0 Å². The van der Waals surface area contributed by atoms with E-state index in [4.69, 9.17) is 4.74 Å². The SMILES string of the molecule is c1ccc2c(c1)OCC[C@@H]2Nc1ncnc2nc[nH]c12. The van der Waals surface area contributed by atoms with Crippen molar-refractivity contribution in [2.45, 2.75) is 12.5 Å². The van der Waals surface area contributed by atoms with E-state index in [1.807, 2.05) is 18.2 Å². The van der Waals surface area contributed by atoms with Gasteiger partial charge < -0.3 is 15.0 Å². The van der Waals surface area contributed by atoms with Crippen molar-refractivity contribution in [2.24, 2.45) is 0 Å². The number of ether oxygens (including phenoxy) is 1. The first-order valence-electron chi connectivity index (χ1n) is 6.54. The third-order valence-electron chi connectivity index (χ3n) is 3.49. The van der Waals surface area contributed by atoms with Gasteiger partial charge in [0.1, 0.15) is 17.6 Å². The quantitative estimate of drug-likeness (QED) is 0.745. The fourth-order valence-electron chi connectivity index (χ4n) is 2.53. The predicted molar refractivity (Wildman–Crippen MR) is 74.6 cm³/mol. The maximum atomic E-state index is 5.67. The van der Waals surface area contributed by atoms with Gasteiger partial charge in [0, 0.05) is 12.0 Å². The Balaban J connectivity index is 1.72. The van der Waals surface area contributed by atoms with Crippen molar-refractivity contribution in [3.05, 3.63) is 42.5 Å². The minimum atomic E-state index is 0.182. The van der Waals surface area contributed by atoms with Gasteiger partial charge in [0.15, 0.2) is 11.5 Å². The molecular formula is C14H13N5O. The molecule has 0 saturated carbocycles. The molecule has 1 aromatic carbocycles. The fourth-order valence-corrected chi connectivity index (χ4v) is 2.53. The summed E-state index contributed by atoms with van der Waals surface area (Å²) in [5.41, 5.74) is 2.66. The predicted octanol–water partition coefficient (Wildman–Crippen LogP) is 2.29. The lowest BCUT2D eigenvalue weighted by atomic mass is 10.0. The summed E-state index contributed by atoms with van der Waals surface area (Å²) in [5.74, 6) is 1.71. The highest BCUT2D eigenvalue weighted by Gasteiger charge is 2.22. The van der Waals surface area contributed by atoms with Gasteiger partial charge in [-0.15, -0.1) is 0 Å². The van der Waals surface area contributed by atoms with Gasteiger partial charge in [-0.1, -0.05) is 18.2 Å². The number of anilines is 1. The van der Waals surface area contributed by atoms with E-state index in [2.05, 4.69) is 31.3 Å². The molecule has 0 spiro atoms. The number of rotatable bonds is 2. The van der Waals surface area contributed by atoms with Crippen LogP contribution in [-0.2, 0) is 0 Å². The van der Waals surface area contributed by atoms with Gasteiger partial charge in [-0.25, -0.2) is 15.0 Å². The first-order valence-corrected chi connectivity index (χ1v) is 6.54. The van der Waals surface area contributed by atoms with Crippen molar-refractivity contribution in [1.82, 2.24) is 19.9 Å². The third kappa shape index (κ3) is 1.77. The highest BCUT2D eigenvalue weighted by atomic mass is 16.5. The summed E-state index contributed by atoms with van der Waals surface area (Å²) in [5, 5.41) is 3.46. The Hall–Kier alpha value is -2.63. The molecule has 0 aliphatic carbocycles. The van der Waals surface area contributed by atoms with Crippen molar-refractivity contribution >= 4 is 17.0 Å². The Morgan fingerprint density at radius 3 is 3.15 bits per heavy atom. The zero-order valence-corrected chi connectivity index (χ0v) is 10.7. The minimum Gasteiger partial charge on any atom is -0.493 e. The van der Waals surface area contributed by atoms with Crippen LogP contribution in [0.2, 0.25) is 0 Å². The van der Waals surface area contributed by atoms with Crippen LogP contribution < -0.4 is 10.1 Å².